The number of carbonyl (C=O) groups is 1. The van der Waals surface area contributed by atoms with Gasteiger partial charge in [0.1, 0.15) is 5.82 Å². The number of rotatable bonds is 6. The van der Waals surface area contributed by atoms with Crippen molar-refractivity contribution in [2.45, 2.75) is 32.7 Å². The third-order valence-electron chi connectivity index (χ3n) is 2.47. The summed E-state index contributed by atoms with van der Waals surface area (Å²) in [4.78, 5) is 12.1. The third kappa shape index (κ3) is 4.84. The van der Waals surface area contributed by atoms with E-state index in [1.165, 1.54) is 24.3 Å². The van der Waals surface area contributed by atoms with E-state index in [0.717, 1.165) is 19.4 Å². The second kappa shape index (κ2) is 8.20. The normalized spacial score (nSPS) is 11.7. The summed E-state index contributed by atoms with van der Waals surface area (Å²) in [5.74, 6) is -0.268. The highest BCUT2D eigenvalue weighted by Gasteiger charge is 2.17. The summed E-state index contributed by atoms with van der Waals surface area (Å²) in [6, 6.07) is 5.57. The molecule has 0 amide bonds. The maximum atomic E-state index is 12.7. The summed E-state index contributed by atoms with van der Waals surface area (Å²) in [5, 5.41) is 3.15. The fourth-order valence-corrected chi connectivity index (χ4v) is 1.68. The van der Waals surface area contributed by atoms with E-state index in [2.05, 4.69) is 5.32 Å². The van der Waals surface area contributed by atoms with Crippen molar-refractivity contribution in [3.8, 4) is 0 Å². The predicted molar refractivity (Wildman–Crippen MR) is 70.4 cm³/mol. The van der Waals surface area contributed by atoms with Gasteiger partial charge in [-0.15, -0.1) is 12.4 Å². The van der Waals surface area contributed by atoms with Gasteiger partial charge in [0.15, 0.2) is 5.78 Å². The highest BCUT2D eigenvalue weighted by molar-refractivity contribution is 6.00. The lowest BCUT2D eigenvalue weighted by Gasteiger charge is -2.15. The Hall–Kier alpha value is -0.930. The van der Waals surface area contributed by atoms with Crippen molar-refractivity contribution in [3.63, 3.8) is 0 Å². The monoisotopic (exact) mass is 259 g/mol. The van der Waals surface area contributed by atoms with E-state index in [1.807, 2.05) is 13.8 Å². The Balaban J connectivity index is 0.00000256. The van der Waals surface area contributed by atoms with Gasteiger partial charge < -0.3 is 5.32 Å². The van der Waals surface area contributed by atoms with Crippen molar-refractivity contribution in [3.05, 3.63) is 35.6 Å². The van der Waals surface area contributed by atoms with E-state index in [-0.39, 0.29) is 30.0 Å². The standard InChI is InChI=1S/C13H18FNO.ClH/c1-3-5-12(15-4-2)13(16)10-6-8-11(14)9-7-10;/h6-9,12,15H,3-5H2,1-2H3;1H. The van der Waals surface area contributed by atoms with Crippen molar-refractivity contribution in [2.24, 2.45) is 0 Å². The van der Waals surface area contributed by atoms with Crippen LogP contribution < -0.4 is 5.32 Å². The van der Waals surface area contributed by atoms with Gasteiger partial charge in [-0.1, -0.05) is 20.3 Å². The number of hydrogen-bond acceptors (Lipinski definition) is 2. The van der Waals surface area contributed by atoms with Gasteiger partial charge in [-0.25, -0.2) is 4.39 Å². The number of benzene rings is 1. The van der Waals surface area contributed by atoms with Crippen LogP contribution in [0.3, 0.4) is 0 Å². The van der Waals surface area contributed by atoms with Gasteiger partial charge in [0.25, 0.3) is 0 Å². The average Bonchev–Trinajstić information content (AvgIpc) is 2.29. The fourth-order valence-electron chi connectivity index (χ4n) is 1.68. The van der Waals surface area contributed by atoms with E-state index in [4.69, 9.17) is 0 Å². The Morgan fingerprint density at radius 2 is 1.88 bits per heavy atom. The maximum Gasteiger partial charge on any atom is 0.179 e. The molecule has 96 valence electrons. The SMILES string of the molecule is CCCC(NCC)C(=O)c1ccc(F)cc1.Cl. The lowest BCUT2D eigenvalue weighted by molar-refractivity contribution is 0.0938. The topological polar surface area (TPSA) is 29.1 Å². The summed E-state index contributed by atoms with van der Waals surface area (Å²) in [6.07, 6.45) is 1.76. The molecule has 0 spiro atoms. The number of halogens is 2. The van der Waals surface area contributed by atoms with Crippen LogP contribution in [0.4, 0.5) is 4.39 Å². The van der Waals surface area contributed by atoms with Crippen LogP contribution in [0.25, 0.3) is 0 Å². The summed E-state index contributed by atoms with van der Waals surface area (Å²) in [6.45, 7) is 4.78. The Morgan fingerprint density at radius 1 is 1.29 bits per heavy atom. The first-order valence-electron chi connectivity index (χ1n) is 5.72. The molecule has 0 saturated heterocycles. The Morgan fingerprint density at radius 3 is 2.35 bits per heavy atom. The summed E-state index contributed by atoms with van der Waals surface area (Å²) in [5.41, 5.74) is 0.570. The molecule has 1 atom stereocenters. The van der Waals surface area contributed by atoms with Crippen LogP contribution in [0.1, 0.15) is 37.0 Å². The molecule has 0 aliphatic rings. The molecule has 1 N–H and O–H groups in total. The molecule has 0 fully saturated rings. The quantitative estimate of drug-likeness (QED) is 0.795. The van der Waals surface area contributed by atoms with Crippen LogP contribution >= 0.6 is 12.4 Å². The van der Waals surface area contributed by atoms with Gasteiger partial charge in [0.05, 0.1) is 6.04 Å². The van der Waals surface area contributed by atoms with E-state index in [9.17, 15) is 9.18 Å². The van der Waals surface area contributed by atoms with Crippen molar-refractivity contribution in [2.75, 3.05) is 6.54 Å². The minimum absolute atomic E-state index is 0. The molecule has 0 aromatic heterocycles. The van der Waals surface area contributed by atoms with Gasteiger partial charge in [-0.05, 0) is 37.2 Å². The lowest BCUT2D eigenvalue weighted by atomic mass is 10.0. The van der Waals surface area contributed by atoms with Gasteiger partial charge in [0, 0.05) is 5.56 Å². The smallest absolute Gasteiger partial charge is 0.179 e. The molecule has 1 aromatic rings. The number of nitrogens with one attached hydrogen (secondary N) is 1. The predicted octanol–water partition coefficient (Wildman–Crippen LogP) is 3.21. The minimum Gasteiger partial charge on any atom is -0.307 e. The van der Waals surface area contributed by atoms with Crippen LogP contribution in [0.15, 0.2) is 24.3 Å². The minimum atomic E-state index is -0.313. The fraction of sp³-hybridized carbons (Fsp3) is 0.462. The molecule has 1 unspecified atom stereocenters. The molecule has 0 aliphatic carbocycles. The lowest BCUT2D eigenvalue weighted by Crippen LogP contribution is -2.36. The zero-order chi connectivity index (χ0) is 12.0. The molecule has 0 bridgehead atoms. The van der Waals surface area contributed by atoms with Crippen molar-refractivity contribution in [1.82, 2.24) is 5.32 Å². The second-order valence-corrected chi connectivity index (χ2v) is 3.77. The molecule has 0 heterocycles. The van der Waals surface area contributed by atoms with Crippen LogP contribution in [-0.2, 0) is 0 Å². The summed E-state index contributed by atoms with van der Waals surface area (Å²) >= 11 is 0. The average molecular weight is 260 g/mol. The van der Waals surface area contributed by atoms with Crippen molar-refractivity contribution in [1.29, 1.82) is 0 Å². The van der Waals surface area contributed by atoms with Crippen LogP contribution in [0.2, 0.25) is 0 Å². The second-order valence-electron chi connectivity index (χ2n) is 3.77. The molecule has 2 nitrogen and oxygen atoms in total. The maximum absolute atomic E-state index is 12.7. The molecule has 0 radical (unpaired) electrons. The van der Waals surface area contributed by atoms with Crippen LogP contribution in [0, 0.1) is 5.82 Å². The highest BCUT2D eigenvalue weighted by atomic mass is 35.5. The van der Waals surface area contributed by atoms with Gasteiger partial charge in [-0.3, -0.25) is 4.79 Å². The molecular weight excluding hydrogens is 241 g/mol. The number of carbonyl (C=O) groups excluding carboxylic acids is 1. The Bertz CT molecular complexity index is 334. The summed E-state index contributed by atoms with van der Waals surface area (Å²) in [7, 11) is 0. The van der Waals surface area contributed by atoms with Gasteiger partial charge >= 0.3 is 0 Å². The number of likely N-dealkylation sites (N-methyl/N-ethyl adjacent to an activating group) is 1. The zero-order valence-corrected chi connectivity index (χ0v) is 11.0. The molecule has 4 heteroatoms. The number of hydrogen-bond donors (Lipinski definition) is 1. The summed E-state index contributed by atoms with van der Waals surface area (Å²) < 4.78 is 12.7. The van der Waals surface area contributed by atoms with Crippen LogP contribution in [-0.4, -0.2) is 18.4 Å². The molecular formula is C13H19ClFNO. The molecule has 1 rings (SSSR count). The molecule has 17 heavy (non-hydrogen) atoms. The van der Waals surface area contributed by atoms with E-state index >= 15 is 0 Å². The molecule has 1 aromatic carbocycles. The van der Waals surface area contributed by atoms with Gasteiger partial charge in [-0.2, -0.15) is 0 Å². The van der Waals surface area contributed by atoms with E-state index in [0.29, 0.717) is 5.56 Å². The molecule has 0 saturated carbocycles. The van der Waals surface area contributed by atoms with E-state index in [1.54, 1.807) is 0 Å². The van der Waals surface area contributed by atoms with Crippen molar-refractivity contribution >= 4 is 18.2 Å². The largest absolute Gasteiger partial charge is 0.307 e. The number of Topliss-reactive ketones (excluding diaryl/α,β-unsaturated/α-hetero) is 1. The first-order valence-corrected chi connectivity index (χ1v) is 5.72. The zero-order valence-electron chi connectivity index (χ0n) is 10.2. The number of ketones is 1. The van der Waals surface area contributed by atoms with Crippen molar-refractivity contribution < 1.29 is 9.18 Å². The first kappa shape index (κ1) is 16.1. The highest BCUT2D eigenvalue weighted by Crippen LogP contribution is 2.09. The van der Waals surface area contributed by atoms with E-state index < -0.39 is 0 Å². The Labute approximate surface area is 108 Å². The van der Waals surface area contributed by atoms with Crippen LogP contribution in [0.5, 0.6) is 0 Å². The first-order chi connectivity index (χ1) is 7.69. The van der Waals surface area contributed by atoms with Gasteiger partial charge in [0.2, 0.25) is 0 Å². The molecule has 0 aliphatic heterocycles. The Kier molecular flexibility index (Phi) is 7.75. The third-order valence-corrected chi connectivity index (χ3v) is 2.47.